The predicted octanol–water partition coefficient (Wildman–Crippen LogP) is 2.26. The molecule has 78 valence electrons. The molecule has 1 aromatic heterocycles. The minimum atomic E-state index is 0.226. The monoisotopic (exact) mass is 210 g/mol. The first-order chi connectivity index (χ1) is 6.49. The molecule has 1 aliphatic carbocycles. The number of aryl methyl sites for hydroxylation is 1. The van der Waals surface area contributed by atoms with Crippen molar-refractivity contribution in [2.45, 2.75) is 51.5 Å². The van der Waals surface area contributed by atoms with Crippen LogP contribution in [0.4, 0.5) is 0 Å². The molecule has 1 atom stereocenters. The molecule has 1 unspecified atom stereocenters. The fourth-order valence-electron chi connectivity index (χ4n) is 2.01. The van der Waals surface area contributed by atoms with Crippen molar-refractivity contribution < 1.29 is 0 Å². The van der Waals surface area contributed by atoms with E-state index in [0.717, 1.165) is 6.42 Å². The zero-order chi connectivity index (χ0) is 10.3. The van der Waals surface area contributed by atoms with Crippen LogP contribution in [-0.2, 0) is 18.3 Å². The van der Waals surface area contributed by atoms with E-state index in [1.807, 2.05) is 18.3 Å². The van der Waals surface area contributed by atoms with Gasteiger partial charge in [0, 0.05) is 22.8 Å². The van der Waals surface area contributed by atoms with Crippen LogP contribution in [0.15, 0.2) is 0 Å². The van der Waals surface area contributed by atoms with Crippen LogP contribution in [0.3, 0.4) is 0 Å². The van der Waals surface area contributed by atoms with Crippen LogP contribution in [0, 0.1) is 0 Å². The van der Waals surface area contributed by atoms with E-state index in [0.29, 0.717) is 5.41 Å². The number of nitrogens with zero attached hydrogens (tertiary/aromatic N) is 1. The topological polar surface area (TPSA) is 38.9 Å². The van der Waals surface area contributed by atoms with Crippen molar-refractivity contribution in [3.8, 4) is 0 Å². The average molecular weight is 210 g/mol. The fraction of sp³-hybridized carbons (Fsp3) is 0.727. The van der Waals surface area contributed by atoms with Crippen LogP contribution >= 0.6 is 11.3 Å². The van der Waals surface area contributed by atoms with Crippen LogP contribution in [0.1, 0.15) is 42.8 Å². The van der Waals surface area contributed by atoms with Crippen molar-refractivity contribution in [2.75, 3.05) is 0 Å². The third kappa shape index (κ3) is 1.71. The summed E-state index contributed by atoms with van der Waals surface area (Å²) in [5.41, 5.74) is 7.40. The molecule has 1 heterocycles. The lowest BCUT2D eigenvalue weighted by atomic mass is 9.91. The van der Waals surface area contributed by atoms with Crippen molar-refractivity contribution >= 4 is 11.3 Å². The zero-order valence-corrected chi connectivity index (χ0v) is 9.95. The molecule has 0 fully saturated rings. The Hall–Kier alpha value is -0.410. The van der Waals surface area contributed by atoms with Gasteiger partial charge in [-0.15, -0.1) is 11.3 Å². The van der Waals surface area contributed by atoms with E-state index in [4.69, 9.17) is 10.7 Å². The van der Waals surface area contributed by atoms with E-state index < -0.39 is 0 Å². The second-order valence-corrected chi connectivity index (χ2v) is 6.11. The lowest BCUT2D eigenvalue weighted by Gasteiger charge is -2.15. The van der Waals surface area contributed by atoms with Gasteiger partial charge in [0.2, 0.25) is 0 Å². The molecular formula is C11H18N2S. The Kier molecular flexibility index (Phi) is 2.40. The number of aromatic nitrogens is 1. The first-order valence-electron chi connectivity index (χ1n) is 5.24. The van der Waals surface area contributed by atoms with E-state index in [1.165, 1.54) is 28.4 Å². The van der Waals surface area contributed by atoms with E-state index >= 15 is 0 Å². The van der Waals surface area contributed by atoms with Crippen LogP contribution in [-0.4, -0.2) is 11.0 Å². The third-order valence-corrected chi connectivity index (χ3v) is 3.99. The summed E-state index contributed by atoms with van der Waals surface area (Å²) in [6, 6.07) is 0.226. The van der Waals surface area contributed by atoms with Crippen molar-refractivity contribution in [1.82, 2.24) is 4.98 Å². The van der Waals surface area contributed by atoms with Gasteiger partial charge in [-0.1, -0.05) is 13.8 Å². The molecule has 2 rings (SSSR count). The van der Waals surface area contributed by atoms with E-state index in [1.54, 1.807) is 0 Å². The molecule has 1 aromatic rings. The summed E-state index contributed by atoms with van der Waals surface area (Å²) in [5.74, 6) is 0. The average Bonchev–Trinajstić information content (AvgIpc) is 2.53. The highest BCUT2D eigenvalue weighted by molar-refractivity contribution is 7.11. The molecule has 2 nitrogen and oxygen atoms in total. The van der Waals surface area contributed by atoms with Crippen LogP contribution < -0.4 is 5.73 Å². The summed E-state index contributed by atoms with van der Waals surface area (Å²) in [6.07, 6.45) is 3.38. The summed E-state index contributed by atoms with van der Waals surface area (Å²) in [5, 5.41) is 1.22. The Morgan fingerprint density at radius 2 is 2.29 bits per heavy atom. The molecule has 2 N–H and O–H groups in total. The Bertz CT molecular complexity index is 339. The molecule has 0 spiro atoms. The third-order valence-electron chi connectivity index (χ3n) is 2.86. The minimum absolute atomic E-state index is 0.226. The Morgan fingerprint density at radius 1 is 1.57 bits per heavy atom. The van der Waals surface area contributed by atoms with Gasteiger partial charge in [0.25, 0.3) is 0 Å². The predicted molar refractivity (Wildman–Crippen MR) is 60.8 cm³/mol. The normalized spacial score (nSPS) is 20.9. The van der Waals surface area contributed by atoms with Crippen molar-refractivity contribution in [3.05, 3.63) is 15.6 Å². The van der Waals surface area contributed by atoms with Gasteiger partial charge in [-0.05, 0) is 19.8 Å². The van der Waals surface area contributed by atoms with Gasteiger partial charge in [-0.25, -0.2) is 4.98 Å². The molecule has 1 aliphatic rings. The van der Waals surface area contributed by atoms with Gasteiger partial charge in [-0.3, -0.25) is 0 Å². The van der Waals surface area contributed by atoms with Gasteiger partial charge < -0.3 is 5.73 Å². The highest BCUT2D eigenvalue weighted by Gasteiger charge is 2.33. The van der Waals surface area contributed by atoms with Gasteiger partial charge in [0.1, 0.15) is 0 Å². The maximum Gasteiger partial charge on any atom is 0.0946 e. The summed E-state index contributed by atoms with van der Waals surface area (Å²) in [7, 11) is 0. The lowest BCUT2D eigenvalue weighted by molar-refractivity contribution is 0.507. The fourth-order valence-corrected chi connectivity index (χ4v) is 3.40. The van der Waals surface area contributed by atoms with Gasteiger partial charge in [0.15, 0.2) is 0 Å². The number of rotatable bonds is 2. The summed E-state index contributed by atoms with van der Waals surface area (Å²) >= 11 is 1.86. The second-order valence-electron chi connectivity index (χ2n) is 4.94. The molecular weight excluding hydrogens is 192 g/mol. The number of hydrogen-bond donors (Lipinski definition) is 1. The van der Waals surface area contributed by atoms with Crippen molar-refractivity contribution in [1.29, 1.82) is 0 Å². The smallest absolute Gasteiger partial charge is 0.0946 e. The van der Waals surface area contributed by atoms with Crippen LogP contribution in [0.2, 0.25) is 0 Å². The van der Waals surface area contributed by atoms with Crippen LogP contribution in [0.5, 0.6) is 0 Å². The molecule has 0 saturated carbocycles. The van der Waals surface area contributed by atoms with Crippen molar-refractivity contribution in [3.63, 3.8) is 0 Å². The lowest BCUT2D eigenvalue weighted by Crippen LogP contribution is -2.18. The number of fused-ring (bicyclic) bond motifs is 1. The summed E-state index contributed by atoms with van der Waals surface area (Å²) < 4.78 is 0. The molecule has 0 amide bonds. The molecule has 0 radical (unpaired) electrons. The van der Waals surface area contributed by atoms with Crippen molar-refractivity contribution in [2.24, 2.45) is 5.73 Å². The molecule has 0 saturated heterocycles. The first kappa shape index (κ1) is 10.1. The number of nitrogens with two attached hydrogens (primary N) is 1. The Morgan fingerprint density at radius 3 is 2.86 bits per heavy atom. The molecule has 0 aromatic carbocycles. The highest BCUT2D eigenvalue weighted by Crippen LogP contribution is 2.40. The maximum atomic E-state index is 5.78. The molecule has 0 bridgehead atoms. The maximum absolute atomic E-state index is 5.78. The zero-order valence-electron chi connectivity index (χ0n) is 9.13. The molecule has 14 heavy (non-hydrogen) atoms. The van der Waals surface area contributed by atoms with E-state index in [2.05, 4.69) is 13.8 Å². The largest absolute Gasteiger partial charge is 0.328 e. The molecule has 3 heteroatoms. The second kappa shape index (κ2) is 3.31. The van der Waals surface area contributed by atoms with Crippen LogP contribution in [0.25, 0.3) is 0 Å². The summed E-state index contributed by atoms with van der Waals surface area (Å²) in [6.45, 7) is 6.61. The highest BCUT2D eigenvalue weighted by atomic mass is 32.1. The SMILES string of the molecule is CC(N)Cc1nc2c(s1)CCC2(C)C. The van der Waals surface area contributed by atoms with Gasteiger partial charge in [-0.2, -0.15) is 0 Å². The number of thiazole rings is 1. The summed E-state index contributed by atoms with van der Waals surface area (Å²) in [4.78, 5) is 6.21. The first-order valence-corrected chi connectivity index (χ1v) is 6.05. The Labute approximate surface area is 89.5 Å². The Balaban J connectivity index is 2.26. The standard InChI is InChI=1S/C11H18N2S/c1-7(12)6-9-13-10-8(14-9)4-5-11(10,2)3/h7H,4-6,12H2,1-3H3. The van der Waals surface area contributed by atoms with E-state index in [9.17, 15) is 0 Å². The van der Waals surface area contributed by atoms with Gasteiger partial charge >= 0.3 is 0 Å². The number of hydrogen-bond acceptors (Lipinski definition) is 3. The molecule has 0 aliphatic heterocycles. The quantitative estimate of drug-likeness (QED) is 0.813. The van der Waals surface area contributed by atoms with E-state index in [-0.39, 0.29) is 6.04 Å². The minimum Gasteiger partial charge on any atom is -0.328 e. The van der Waals surface area contributed by atoms with Gasteiger partial charge in [0.05, 0.1) is 10.7 Å².